The van der Waals surface area contributed by atoms with Crippen LogP contribution in [-0.4, -0.2) is 25.3 Å². The number of hydrogen-bond donors (Lipinski definition) is 0. The number of carbonyl (C=O) groups is 1. The summed E-state index contributed by atoms with van der Waals surface area (Å²) < 4.78 is 10.3. The molecule has 0 amide bonds. The Labute approximate surface area is 72.0 Å². The molecule has 0 spiro atoms. The summed E-state index contributed by atoms with van der Waals surface area (Å²) >= 11 is 0. The molecule has 3 nitrogen and oxygen atoms in total. The molecule has 2 fully saturated rings. The molecule has 1 aliphatic heterocycles. The first-order valence-corrected chi connectivity index (χ1v) is 4.49. The zero-order chi connectivity index (χ0) is 8.60. The molecule has 1 saturated carbocycles. The Morgan fingerprint density at radius 2 is 2.17 bits per heavy atom. The summed E-state index contributed by atoms with van der Waals surface area (Å²) in [6, 6.07) is 0. The van der Waals surface area contributed by atoms with Crippen molar-refractivity contribution in [1.29, 1.82) is 0 Å². The van der Waals surface area contributed by atoms with Gasteiger partial charge in [0, 0.05) is 0 Å². The van der Waals surface area contributed by atoms with Gasteiger partial charge in [0.15, 0.2) is 0 Å². The summed E-state index contributed by atoms with van der Waals surface area (Å²) in [6.07, 6.45) is 3.49. The van der Waals surface area contributed by atoms with Gasteiger partial charge in [-0.15, -0.1) is 0 Å². The molecule has 0 bridgehead atoms. The Morgan fingerprint density at radius 3 is 2.50 bits per heavy atom. The fourth-order valence-corrected chi connectivity index (χ4v) is 1.31. The Kier molecular flexibility index (Phi) is 1.83. The summed E-state index contributed by atoms with van der Waals surface area (Å²) in [5.74, 6) is -0.0709. The number of hydrogen-bond acceptors (Lipinski definition) is 3. The Hall–Kier alpha value is -0.570. The van der Waals surface area contributed by atoms with E-state index in [1.165, 1.54) is 6.42 Å². The summed E-state index contributed by atoms with van der Waals surface area (Å²) in [5, 5.41) is 0. The monoisotopic (exact) mass is 170 g/mol. The van der Waals surface area contributed by atoms with Gasteiger partial charge in [-0.05, 0) is 26.2 Å². The third-order valence-electron chi connectivity index (χ3n) is 2.66. The second-order valence-corrected chi connectivity index (χ2v) is 4.01. The predicted molar refractivity (Wildman–Crippen MR) is 42.7 cm³/mol. The highest BCUT2D eigenvalue weighted by atomic mass is 16.6. The summed E-state index contributed by atoms with van der Waals surface area (Å²) in [7, 11) is 0. The third kappa shape index (κ3) is 1.22. The molecule has 0 unspecified atom stereocenters. The van der Waals surface area contributed by atoms with Crippen LogP contribution >= 0.6 is 0 Å². The summed E-state index contributed by atoms with van der Waals surface area (Å²) in [5.41, 5.74) is -0.338. The van der Waals surface area contributed by atoms with Crippen molar-refractivity contribution in [2.24, 2.45) is 5.41 Å². The Balaban J connectivity index is 1.82. The van der Waals surface area contributed by atoms with Crippen LogP contribution in [0.25, 0.3) is 0 Å². The topological polar surface area (TPSA) is 35.5 Å². The average molecular weight is 170 g/mol. The van der Waals surface area contributed by atoms with Gasteiger partial charge in [-0.1, -0.05) is 0 Å². The lowest BCUT2D eigenvalue weighted by Gasteiger charge is -2.37. The zero-order valence-electron chi connectivity index (χ0n) is 7.34. The maximum Gasteiger partial charge on any atom is 0.316 e. The Morgan fingerprint density at radius 1 is 1.50 bits per heavy atom. The first-order valence-electron chi connectivity index (χ1n) is 4.49. The van der Waals surface area contributed by atoms with E-state index in [2.05, 4.69) is 0 Å². The average Bonchev–Trinajstić information content (AvgIpc) is 1.91. The SMILES string of the molecule is CC1(C(=O)OC2CCC2)COC1. The highest BCUT2D eigenvalue weighted by molar-refractivity contribution is 5.77. The molecule has 1 saturated heterocycles. The molecule has 68 valence electrons. The van der Waals surface area contributed by atoms with Crippen LogP contribution in [0.2, 0.25) is 0 Å². The van der Waals surface area contributed by atoms with E-state index in [-0.39, 0.29) is 17.5 Å². The fourth-order valence-electron chi connectivity index (χ4n) is 1.31. The van der Waals surface area contributed by atoms with Crippen molar-refractivity contribution in [3.05, 3.63) is 0 Å². The van der Waals surface area contributed by atoms with Gasteiger partial charge in [0.05, 0.1) is 13.2 Å². The molecule has 0 aromatic rings. The minimum atomic E-state index is -0.338. The van der Waals surface area contributed by atoms with Gasteiger partial charge in [0.25, 0.3) is 0 Å². The quantitative estimate of drug-likeness (QED) is 0.582. The van der Waals surface area contributed by atoms with Crippen molar-refractivity contribution in [2.45, 2.75) is 32.3 Å². The van der Waals surface area contributed by atoms with E-state index in [9.17, 15) is 4.79 Å². The van der Waals surface area contributed by atoms with Crippen LogP contribution in [0.4, 0.5) is 0 Å². The molecular formula is C9H14O3. The van der Waals surface area contributed by atoms with E-state index in [0.717, 1.165) is 12.8 Å². The second-order valence-electron chi connectivity index (χ2n) is 4.01. The van der Waals surface area contributed by atoms with Gasteiger partial charge >= 0.3 is 5.97 Å². The molecule has 2 aliphatic rings. The molecule has 0 N–H and O–H groups in total. The molecule has 1 aliphatic carbocycles. The van der Waals surface area contributed by atoms with Crippen molar-refractivity contribution in [1.82, 2.24) is 0 Å². The lowest BCUT2D eigenvalue weighted by Crippen LogP contribution is -2.48. The molecule has 0 aromatic carbocycles. The minimum Gasteiger partial charge on any atom is -0.462 e. The van der Waals surface area contributed by atoms with Crippen molar-refractivity contribution in [3.8, 4) is 0 Å². The van der Waals surface area contributed by atoms with Gasteiger partial charge < -0.3 is 9.47 Å². The van der Waals surface area contributed by atoms with Crippen molar-refractivity contribution >= 4 is 5.97 Å². The van der Waals surface area contributed by atoms with Crippen LogP contribution in [0.5, 0.6) is 0 Å². The van der Waals surface area contributed by atoms with E-state index >= 15 is 0 Å². The van der Waals surface area contributed by atoms with Gasteiger partial charge in [0.2, 0.25) is 0 Å². The highest BCUT2D eigenvalue weighted by Gasteiger charge is 2.43. The van der Waals surface area contributed by atoms with Crippen LogP contribution in [0.1, 0.15) is 26.2 Å². The Bertz CT molecular complexity index is 192. The number of ether oxygens (including phenoxy) is 2. The van der Waals surface area contributed by atoms with Crippen LogP contribution < -0.4 is 0 Å². The van der Waals surface area contributed by atoms with Crippen LogP contribution in [-0.2, 0) is 14.3 Å². The molecule has 2 rings (SSSR count). The molecule has 12 heavy (non-hydrogen) atoms. The molecule has 0 aromatic heterocycles. The lowest BCUT2D eigenvalue weighted by molar-refractivity contribution is -0.190. The number of rotatable bonds is 2. The van der Waals surface area contributed by atoms with Crippen molar-refractivity contribution < 1.29 is 14.3 Å². The summed E-state index contributed by atoms with van der Waals surface area (Å²) in [4.78, 5) is 11.4. The lowest BCUT2D eigenvalue weighted by atomic mass is 9.88. The van der Waals surface area contributed by atoms with Gasteiger partial charge in [-0.2, -0.15) is 0 Å². The maximum atomic E-state index is 11.4. The van der Waals surface area contributed by atoms with E-state index in [1.807, 2.05) is 6.92 Å². The maximum absolute atomic E-state index is 11.4. The van der Waals surface area contributed by atoms with Crippen LogP contribution in [0.15, 0.2) is 0 Å². The van der Waals surface area contributed by atoms with Crippen LogP contribution in [0, 0.1) is 5.41 Å². The molecule has 3 heteroatoms. The standard InChI is InChI=1S/C9H14O3/c1-9(5-11-6-9)8(10)12-7-3-2-4-7/h7H,2-6H2,1H3. The first-order chi connectivity index (χ1) is 5.71. The fraction of sp³-hybridized carbons (Fsp3) is 0.889. The molecule has 1 heterocycles. The second kappa shape index (κ2) is 2.73. The van der Waals surface area contributed by atoms with Crippen molar-refractivity contribution in [2.75, 3.05) is 13.2 Å². The first kappa shape index (κ1) is 8.05. The molecular weight excluding hydrogens is 156 g/mol. The van der Waals surface area contributed by atoms with Gasteiger partial charge in [0.1, 0.15) is 11.5 Å². The number of carbonyl (C=O) groups excluding carboxylic acids is 1. The number of esters is 1. The van der Waals surface area contributed by atoms with E-state index in [1.54, 1.807) is 0 Å². The van der Waals surface area contributed by atoms with E-state index in [0.29, 0.717) is 13.2 Å². The van der Waals surface area contributed by atoms with Gasteiger partial charge in [-0.25, -0.2) is 0 Å². The zero-order valence-corrected chi connectivity index (χ0v) is 7.34. The van der Waals surface area contributed by atoms with E-state index < -0.39 is 0 Å². The van der Waals surface area contributed by atoms with Crippen LogP contribution in [0.3, 0.4) is 0 Å². The largest absolute Gasteiger partial charge is 0.462 e. The molecule has 0 atom stereocenters. The van der Waals surface area contributed by atoms with E-state index in [4.69, 9.17) is 9.47 Å². The summed E-state index contributed by atoms with van der Waals surface area (Å²) in [6.45, 7) is 2.95. The predicted octanol–water partition coefficient (Wildman–Crippen LogP) is 1.12. The third-order valence-corrected chi connectivity index (χ3v) is 2.66. The smallest absolute Gasteiger partial charge is 0.316 e. The highest BCUT2D eigenvalue weighted by Crippen LogP contribution is 2.31. The normalized spacial score (nSPS) is 27.1. The van der Waals surface area contributed by atoms with Crippen molar-refractivity contribution in [3.63, 3.8) is 0 Å². The van der Waals surface area contributed by atoms with Gasteiger partial charge in [-0.3, -0.25) is 4.79 Å². The minimum absolute atomic E-state index is 0.0709. The molecule has 0 radical (unpaired) electrons.